The van der Waals surface area contributed by atoms with Crippen molar-refractivity contribution in [2.45, 2.75) is 6.92 Å². The summed E-state index contributed by atoms with van der Waals surface area (Å²) in [7, 11) is 0. The summed E-state index contributed by atoms with van der Waals surface area (Å²) in [6.45, 7) is 2.02. The number of hydrogen-bond donors (Lipinski definition) is 1. The lowest BCUT2D eigenvalue weighted by molar-refractivity contribution is 0.474. The Morgan fingerprint density at radius 2 is 1.82 bits per heavy atom. The van der Waals surface area contributed by atoms with E-state index in [1.807, 2.05) is 31.2 Å². The number of rotatable bonds is 2. The lowest BCUT2D eigenvalue weighted by Crippen LogP contribution is -1.82. The van der Waals surface area contributed by atoms with Crippen LogP contribution in [0.25, 0.3) is 0 Å². The van der Waals surface area contributed by atoms with Crippen molar-refractivity contribution < 1.29 is 5.11 Å². The molecule has 2 aromatic rings. The van der Waals surface area contributed by atoms with Gasteiger partial charge in [-0.25, -0.2) is 0 Å². The van der Waals surface area contributed by atoms with E-state index in [-0.39, 0.29) is 5.75 Å². The molecule has 0 bridgehead atoms. The molecule has 0 saturated carbocycles. The minimum absolute atomic E-state index is 0.172. The van der Waals surface area contributed by atoms with Gasteiger partial charge in [-0.3, -0.25) is 4.99 Å². The molecular formula is C14H12ClNO. The standard InChI is InChI=1S/C14H12ClNO/c1-10-2-5-13(6-3-10)16-9-11-8-12(15)4-7-14(11)17/h2-9,17H,1H3. The molecule has 0 radical (unpaired) electrons. The van der Waals surface area contributed by atoms with Crippen LogP contribution in [0.15, 0.2) is 47.5 Å². The number of aryl methyl sites for hydroxylation is 1. The Kier molecular flexibility index (Phi) is 3.45. The summed E-state index contributed by atoms with van der Waals surface area (Å²) in [5.74, 6) is 0.172. The van der Waals surface area contributed by atoms with Crippen LogP contribution < -0.4 is 0 Å². The van der Waals surface area contributed by atoms with Gasteiger partial charge in [-0.2, -0.15) is 0 Å². The van der Waals surface area contributed by atoms with Gasteiger partial charge in [0.1, 0.15) is 5.75 Å². The van der Waals surface area contributed by atoms with Crippen molar-refractivity contribution in [2.24, 2.45) is 4.99 Å². The number of benzene rings is 2. The Morgan fingerprint density at radius 1 is 1.12 bits per heavy atom. The van der Waals surface area contributed by atoms with Crippen LogP contribution in [-0.2, 0) is 0 Å². The third kappa shape index (κ3) is 3.08. The maximum Gasteiger partial charge on any atom is 0.124 e. The van der Waals surface area contributed by atoms with Gasteiger partial charge >= 0.3 is 0 Å². The smallest absolute Gasteiger partial charge is 0.124 e. The number of aromatic hydroxyl groups is 1. The minimum atomic E-state index is 0.172. The minimum Gasteiger partial charge on any atom is -0.507 e. The van der Waals surface area contributed by atoms with Gasteiger partial charge in [-0.05, 0) is 37.3 Å². The Hall–Kier alpha value is -1.80. The highest BCUT2D eigenvalue weighted by molar-refractivity contribution is 6.30. The van der Waals surface area contributed by atoms with Gasteiger partial charge in [0.2, 0.25) is 0 Å². The molecule has 0 heterocycles. The van der Waals surface area contributed by atoms with Crippen LogP contribution in [-0.4, -0.2) is 11.3 Å². The molecule has 0 aliphatic rings. The largest absolute Gasteiger partial charge is 0.507 e. The molecule has 2 aromatic carbocycles. The van der Waals surface area contributed by atoms with E-state index in [0.717, 1.165) is 5.69 Å². The molecule has 2 nitrogen and oxygen atoms in total. The van der Waals surface area contributed by atoms with E-state index in [1.54, 1.807) is 24.4 Å². The second-order valence-electron chi connectivity index (χ2n) is 3.80. The molecule has 0 unspecified atom stereocenters. The predicted molar refractivity (Wildman–Crippen MR) is 71.5 cm³/mol. The topological polar surface area (TPSA) is 32.6 Å². The quantitative estimate of drug-likeness (QED) is 0.794. The number of nitrogens with zero attached hydrogens (tertiary/aromatic N) is 1. The third-order valence-electron chi connectivity index (χ3n) is 2.38. The van der Waals surface area contributed by atoms with Crippen LogP contribution in [0.5, 0.6) is 5.75 Å². The lowest BCUT2D eigenvalue weighted by atomic mass is 10.2. The molecule has 0 aromatic heterocycles. The predicted octanol–water partition coefficient (Wildman–Crippen LogP) is 4.10. The summed E-state index contributed by atoms with van der Waals surface area (Å²) in [6.07, 6.45) is 1.60. The van der Waals surface area contributed by atoms with E-state index in [2.05, 4.69) is 4.99 Å². The molecule has 0 amide bonds. The van der Waals surface area contributed by atoms with E-state index < -0.39 is 0 Å². The van der Waals surface area contributed by atoms with Gasteiger partial charge in [0.15, 0.2) is 0 Å². The monoisotopic (exact) mass is 245 g/mol. The zero-order chi connectivity index (χ0) is 12.3. The highest BCUT2D eigenvalue weighted by Crippen LogP contribution is 2.21. The Morgan fingerprint density at radius 3 is 2.53 bits per heavy atom. The van der Waals surface area contributed by atoms with Crippen LogP contribution in [0.3, 0.4) is 0 Å². The summed E-state index contributed by atoms with van der Waals surface area (Å²) in [4.78, 5) is 4.28. The third-order valence-corrected chi connectivity index (χ3v) is 2.61. The second kappa shape index (κ2) is 5.02. The van der Waals surface area contributed by atoms with Crippen molar-refractivity contribution in [2.75, 3.05) is 0 Å². The summed E-state index contributed by atoms with van der Waals surface area (Å²) >= 11 is 5.85. The molecular weight excluding hydrogens is 234 g/mol. The molecule has 0 spiro atoms. The zero-order valence-electron chi connectivity index (χ0n) is 9.39. The summed E-state index contributed by atoms with van der Waals surface area (Å²) in [6, 6.07) is 12.7. The molecule has 1 N–H and O–H groups in total. The zero-order valence-corrected chi connectivity index (χ0v) is 10.1. The molecule has 0 fully saturated rings. The van der Waals surface area contributed by atoms with Crippen LogP contribution in [0.4, 0.5) is 5.69 Å². The van der Waals surface area contributed by atoms with Crippen LogP contribution in [0.2, 0.25) is 5.02 Å². The number of aliphatic imine (C=N–C) groups is 1. The van der Waals surface area contributed by atoms with Crippen molar-refractivity contribution in [3.63, 3.8) is 0 Å². The number of phenolic OH excluding ortho intramolecular Hbond substituents is 1. The molecule has 86 valence electrons. The SMILES string of the molecule is Cc1ccc(N=Cc2cc(Cl)ccc2O)cc1. The number of phenols is 1. The first-order valence-electron chi connectivity index (χ1n) is 5.24. The van der Waals surface area contributed by atoms with Gasteiger partial charge in [-0.1, -0.05) is 29.3 Å². The highest BCUT2D eigenvalue weighted by Gasteiger charge is 1.98. The van der Waals surface area contributed by atoms with E-state index >= 15 is 0 Å². The van der Waals surface area contributed by atoms with E-state index in [4.69, 9.17) is 11.6 Å². The first-order valence-corrected chi connectivity index (χ1v) is 5.62. The summed E-state index contributed by atoms with van der Waals surface area (Å²) < 4.78 is 0. The maximum absolute atomic E-state index is 9.61. The lowest BCUT2D eigenvalue weighted by Gasteiger charge is -1.99. The van der Waals surface area contributed by atoms with Crippen molar-refractivity contribution in [3.05, 3.63) is 58.6 Å². The van der Waals surface area contributed by atoms with Crippen LogP contribution in [0, 0.1) is 6.92 Å². The Labute approximate surface area is 105 Å². The fraction of sp³-hybridized carbons (Fsp3) is 0.0714. The van der Waals surface area contributed by atoms with Crippen molar-refractivity contribution in [3.8, 4) is 5.75 Å². The Bertz CT molecular complexity index is 547. The summed E-state index contributed by atoms with van der Waals surface area (Å²) in [5.41, 5.74) is 2.64. The maximum atomic E-state index is 9.61. The first kappa shape index (κ1) is 11.7. The fourth-order valence-electron chi connectivity index (χ4n) is 1.40. The fourth-order valence-corrected chi connectivity index (χ4v) is 1.58. The molecule has 0 atom stereocenters. The molecule has 3 heteroatoms. The first-order chi connectivity index (χ1) is 8.15. The van der Waals surface area contributed by atoms with Crippen molar-refractivity contribution >= 4 is 23.5 Å². The van der Waals surface area contributed by atoms with Crippen molar-refractivity contribution in [1.82, 2.24) is 0 Å². The Balaban J connectivity index is 2.25. The number of hydrogen-bond acceptors (Lipinski definition) is 2. The second-order valence-corrected chi connectivity index (χ2v) is 4.23. The molecule has 17 heavy (non-hydrogen) atoms. The molecule has 2 rings (SSSR count). The molecule has 0 aliphatic carbocycles. The molecule has 0 aliphatic heterocycles. The number of halogens is 1. The van der Waals surface area contributed by atoms with E-state index in [1.165, 1.54) is 5.56 Å². The van der Waals surface area contributed by atoms with Gasteiger partial charge < -0.3 is 5.11 Å². The van der Waals surface area contributed by atoms with Crippen LogP contribution in [0.1, 0.15) is 11.1 Å². The van der Waals surface area contributed by atoms with E-state index in [9.17, 15) is 5.11 Å². The average Bonchev–Trinajstić information content (AvgIpc) is 2.32. The summed E-state index contributed by atoms with van der Waals surface area (Å²) in [5, 5.41) is 10.2. The average molecular weight is 246 g/mol. The molecule has 0 saturated heterocycles. The van der Waals surface area contributed by atoms with Gasteiger partial charge in [0, 0.05) is 16.8 Å². The van der Waals surface area contributed by atoms with Crippen molar-refractivity contribution in [1.29, 1.82) is 0 Å². The van der Waals surface area contributed by atoms with Gasteiger partial charge in [0.25, 0.3) is 0 Å². The van der Waals surface area contributed by atoms with Crippen LogP contribution >= 0.6 is 11.6 Å². The highest BCUT2D eigenvalue weighted by atomic mass is 35.5. The normalized spacial score (nSPS) is 10.9. The van der Waals surface area contributed by atoms with E-state index in [0.29, 0.717) is 10.6 Å². The van der Waals surface area contributed by atoms with Gasteiger partial charge in [0.05, 0.1) is 5.69 Å². The van der Waals surface area contributed by atoms with Gasteiger partial charge in [-0.15, -0.1) is 0 Å².